The maximum absolute atomic E-state index is 15.2. The lowest BCUT2D eigenvalue weighted by Crippen LogP contribution is -2.53. The Morgan fingerprint density at radius 2 is 0.947 bits per heavy atom. The molecule has 0 unspecified atom stereocenters. The van der Waals surface area contributed by atoms with E-state index in [0.29, 0.717) is 25.9 Å². The molecular formula is C32H33N2O3P. The summed E-state index contributed by atoms with van der Waals surface area (Å²) >= 11 is 0. The summed E-state index contributed by atoms with van der Waals surface area (Å²) in [7, 11) is -3.49. The average molecular weight is 525 g/mol. The fourth-order valence-corrected chi connectivity index (χ4v) is 8.82. The van der Waals surface area contributed by atoms with Crippen molar-refractivity contribution >= 4 is 7.67 Å². The molecule has 5 nitrogen and oxygen atoms in total. The van der Waals surface area contributed by atoms with Crippen LogP contribution in [0, 0.1) is 0 Å². The van der Waals surface area contributed by atoms with E-state index in [1.165, 1.54) is 0 Å². The van der Waals surface area contributed by atoms with Crippen LogP contribution < -0.4 is 0 Å². The van der Waals surface area contributed by atoms with E-state index in [0.717, 1.165) is 22.3 Å². The van der Waals surface area contributed by atoms with Crippen LogP contribution in [0.3, 0.4) is 0 Å². The minimum absolute atomic E-state index is 0.225. The first-order valence-corrected chi connectivity index (χ1v) is 14.8. The predicted octanol–water partition coefficient (Wildman–Crippen LogP) is 6.09. The Morgan fingerprint density at radius 1 is 0.579 bits per heavy atom. The maximum atomic E-state index is 15.2. The van der Waals surface area contributed by atoms with Gasteiger partial charge in [-0.05, 0) is 35.1 Å². The van der Waals surface area contributed by atoms with E-state index in [4.69, 9.17) is 4.52 Å². The molecular weight excluding hydrogens is 491 g/mol. The van der Waals surface area contributed by atoms with Crippen molar-refractivity contribution in [3.8, 4) is 0 Å². The highest BCUT2D eigenvalue weighted by Gasteiger charge is 2.62. The van der Waals surface area contributed by atoms with Crippen molar-refractivity contribution < 1.29 is 14.2 Å². The molecule has 2 saturated heterocycles. The number of hydrogen-bond donors (Lipinski definition) is 1. The largest absolute Gasteiger partial charge is 0.389 e. The molecule has 6 rings (SSSR count). The molecule has 4 aromatic rings. The highest BCUT2D eigenvalue weighted by Crippen LogP contribution is 2.67. The summed E-state index contributed by atoms with van der Waals surface area (Å²) in [6.45, 7) is 0.922. The summed E-state index contributed by atoms with van der Waals surface area (Å²) in [6, 6.07) is 40.0. The number of fused-ring (bicyclic) bond motifs is 2. The first-order chi connectivity index (χ1) is 18.6. The van der Waals surface area contributed by atoms with Crippen LogP contribution in [0.25, 0.3) is 0 Å². The van der Waals surface area contributed by atoms with Crippen LogP contribution in [0.2, 0.25) is 0 Å². The summed E-state index contributed by atoms with van der Waals surface area (Å²) in [5.41, 5.74) is 4.37. The second-order valence-corrected chi connectivity index (χ2v) is 12.5. The van der Waals surface area contributed by atoms with E-state index in [1.807, 2.05) is 89.6 Å². The highest BCUT2D eigenvalue weighted by molar-refractivity contribution is 7.54. The molecule has 6 heteroatoms. The van der Waals surface area contributed by atoms with Crippen molar-refractivity contribution in [2.75, 3.05) is 0 Å². The van der Waals surface area contributed by atoms with Gasteiger partial charge in [0.1, 0.15) is 6.10 Å². The van der Waals surface area contributed by atoms with Gasteiger partial charge in [0.05, 0.1) is 18.2 Å². The Labute approximate surface area is 224 Å². The third-order valence-electron chi connectivity index (χ3n) is 7.73. The Bertz CT molecular complexity index is 1330. The molecule has 0 aliphatic carbocycles. The number of rotatable bonds is 8. The van der Waals surface area contributed by atoms with Gasteiger partial charge in [0.25, 0.3) is 0 Å². The van der Waals surface area contributed by atoms with Crippen LogP contribution in [-0.2, 0) is 35.0 Å². The van der Waals surface area contributed by atoms with Gasteiger partial charge in [0, 0.05) is 13.1 Å². The summed E-state index contributed by atoms with van der Waals surface area (Å²) in [6.07, 6.45) is -0.104. The van der Waals surface area contributed by atoms with Crippen LogP contribution in [0.5, 0.6) is 0 Å². The van der Waals surface area contributed by atoms with Gasteiger partial charge >= 0.3 is 7.67 Å². The van der Waals surface area contributed by atoms with Crippen LogP contribution in [-0.4, -0.2) is 38.7 Å². The Kier molecular flexibility index (Phi) is 7.29. The molecule has 194 valence electrons. The Balaban J connectivity index is 1.43. The third kappa shape index (κ3) is 5.01. The molecule has 1 N–H and O–H groups in total. The molecule has 2 aliphatic heterocycles. The third-order valence-corrected chi connectivity index (χ3v) is 10.4. The molecule has 5 atom stereocenters. The van der Waals surface area contributed by atoms with E-state index in [2.05, 4.69) is 41.1 Å². The van der Waals surface area contributed by atoms with Gasteiger partial charge in [-0.2, -0.15) is 0 Å². The van der Waals surface area contributed by atoms with Crippen molar-refractivity contribution in [1.82, 2.24) is 9.34 Å². The van der Waals surface area contributed by atoms with Crippen molar-refractivity contribution in [2.45, 2.75) is 50.2 Å². The van der Waals surface area contributed by atoms with E-state index in [-0.39, 0.29) is 12.1 Å². The molecule has 2 fully saturated rings. The van der Waals surface area contributed by atoms with Crippen LogP contribution >= 0.6 is 7.67 Å². The number of hydrogen-bond acceptors (Lipinski definition) is 3. The molecule has 0 aromatic heterocycles. The van der Waals surface area contributed by atoms with E-state index in [1.54, 1.807) is 0 Å². The topological polar surface area (TPSA) is 53.0 Å². The zero-order valence-corrected chi connectivity index (χ0v) is 22.2. The number of aliphatic hydroxyl groups excluding tert-OH is 1. The fourth-order valence-electron chi connectivity index (χ4n) is 5.84. The summed E-state index contributed by atoms with van der Waals surface area (Å²) in [5, 5.41) is 11.9. The average Bonchev–Trinajstić information content (AvgIpc) is 3.21. The van der Waals surface area contributed by atoms with E-state index in [9.17, 15) is 5.11 Å². The smallest absolute Gasteiger partial charge is 0.347 e. The summed E-state index contributed by atoms with van der Waals surface area (Å²) < 4.78 is 25.7. The number of aliphatic hydroxyl groups is 1. The lowest BCUT2D eigenvalue weighted by atomic mass is 9.91. The highest BCUT2D eigenvalue weighted by atomic mass is 31.2. The Morgan fingerprint density at radius 3 is 1.39 bits per heavy atom. The Hall–Kier alpha value is -3.05. The molecule has 4 aromatic carbocycles. The first-order valence-electron chi connectivity index (χ1n) is 13.3. The quantitative estimate of drug-likeness (QED) is 0.283. The number of benzene rings is 4. The second kappa shape index (κ2) is 11.0. The molecule has 2 aliphatic rings. The van der Waals surface area contributed by atoms with Gasteiger partial charge in [-0.25, -0.2) is 9.34 Å². The van der Waals surface area contributed by atoms with Crippen molar-refractivity contribution in [2.24, 2.45) is 0 Å². The molecule has 0 radical (unpaired) electrons. The van der Waals surface area contributed by atoms with Crippen LogP contribution in [0.1, 0.15) is 22.3 Å². The monoisotopic (exact) mass is 524 g/mol. The fraction of sp³-hybridized carbons (Fsp3) is 0.250. The molecule has 0 spiro atoms. The maximum Gasteiger partial charge on any atom is 0.347 e. The molecule has 2 bridgehead atoms. The van der Waals surface area contributed by atoms with Crippen LogP contribution in [0.15, 0.2) is 121 Å². The van der Waals surface area contributed by atoms with Gasteiger partial charge < -0.3 is 5.11 Å². The molecule has 38 heavy (non-hydrogen) atoms. The zero-order chi connectivity index (χ0) is 26.0. The minimum atomic E-state index is -3.49. The molecule has 0 saturated carbocycles. The van der Waals surface area contributed by atoms with Crippen molar-refractivity contribution in [3.63, 3.8) is 0 Å². The predicted molar refractivity (Wildman–Crippen MR) is 150 cm³/mol. The lowest BCUT2D eigenvalue weighted by Gasteiger charge is -2.43. The van der Waals surface area contributed by atoms with Gasteiger partial charge in [-0.1, -0.05) is 121 Å². The van der Waals surface area contributed by atoms with Crippen LogP contribution in [0.4, 0.5) is 0 Å². The summed E-state index contributed by atoms with van der Waals surface area (Å²) in [5.74, 6) is 0. The standard InChI is InChI=1S/C32H33N2O3P/c35-31-29(21-25-13-5-1-6-14-25)33(23-27-17-9-3-10-18-27)38(36)34(24-28-19-11-4-12-20-28)30(32(31)37-38)22-26-15-7-2-8-16-26/h1-20,29-32,35H,21-24H2/t29-,30-,31+,32-,38+/m1/s1. The van der Waals surface area contributed by atoms with Crippen molar-refractivity contribution in [1.29, 1.82) is 0 Å². The van der Waals surface area contributed by atoms with Gasteiger partial charge in [0.2, 0.25) is 0 Å². The summed E-state index contributed by atoms with van der Waals surface area (Å²) in [4.78, 5) is 0. The SMILES string of the molecule is O=[P@]12O[C@@H]([C@@H](O)[C@@H](Cc3ccccc3)N1Cc1ccccc1)[C@@H](Cc1ccccc1)N2Cc1ccccc1. The van der Waals surface area contributed by atoms with Gasteiger partial charge in [-0.15, -0.1) is 0 Å². The number of nitrogens with zero attached hydrogens (tertiary/aromatic N) is 2. The zero-order valence-electron chi connectivity index (χ0n) is 21.3. The van der Waals surface area contributed by atoms with Gasteiger partial charge in [-0.3, -0.25) is 9.09 Å². The van der Waals surface area contributed by atoms with E-state index < -0.39 is 19.9 Å². The minimum Gasteiger partial charge on any atom is -0.389 e. The van der Waals surface area contributed by atoms with Crippen molar-refractivity contribution in [3.05, 3.63) is 144 Å². The molecule has 0 amide bonds. The normalized spacial score (nSPS) is 27.4. The lowest BCUT2D eigenvalue weighted by molar-refractivity contribution is -0.0378. The van der Waals surface area contributed by atoms with Gasteiger partial charge in [0.15, 0.2) is 0 Å². The second-order valence-electron chi connectivity index (χ2n) is 10.2. The molecule has 2 heterocycles. The first kappa shape index (κ1) is 25.2. The van der Waals surface area contributed by atoms with E-state index >= 15 is 4.57 Å².